The van der Waals surface area contributed by atoms with E-state index in [9.17, 15) is 9.90 Å². The Balaban J connectivity index is 1.32. The molecule has 1 saturated heterocycles. The normalized spacial score (nSPS) is 41.6. The van der Waals surface area contributed by atoms with Gasteiger partial charge in [-0.2, -0.15) is 0 Å². The molecule has 1 spiro atoms. The molecule has 4 unspecified atom stereocenters. The zero-order chi connectivity index (χ0) is 27.0. The topological polar surface area (TPSA) is 122 Å². The summed E-state index contributed by atoms with van der Waals surface area (Å²) in [4.78, 5) is 17.2. The SMILES string of the molecule is CC1(C)OC23CCC4(C)[C@@]5(C)c6[nH]c7ccccc7c6CC5C[C@H](OCc5c[nH]nn5)[C@@]4(O)C2=CC(=O)C1O3. The maximum atomic E-state index is 13.5. The summed E-state index contributed by atoms with van der Waals surface area (Å²) in [6.07, 6.45) is 4.74. The van der Waals surface area contributed by atoms with Crippen molar-refractivity contribution in [1.82, 2.24) is 20.4 Å². The molecule has 0 radical (unpaired) electrons. The lowest BCUT2D eigenvalue weighted by atomic mass is 9.41. The molecular formula is C30H34N4O5. The van der Waals surface area contributed by atoms with E-state index in [4.69, 9.17) is 14.2 Å². The Morgan fingerprint density at radius 3 is 2.79 bits per heavy atom. The standard InChI is InChI=1S/C30H34N4O5/c1-26(2)25-21(35)13-22-29(38-25,39-26)10-9-27(3)28(4)16(11-19-18-7-5-6-8-20(18)32-24(19)28)12-23(30(22,27)36)37-15-17-14-31-34-33-17/h5-8,13-14,16,23,25,32,36H,9-12,15H2,1-4H3,(H,31,33,34)/t16?,23-,25?,27?,28+,29?,30-/m0/s1. The Hall–Kier alpha value is -2.85. The number of nitrogens with zero attached hydrogens (tertiary/aromatic N) is 2. The van der Waals surface area contributed by atoms with Crippen LogP contribution in [0.5, 0.6) is 0 Å². The number of carbonyl (C=O) groups excluding carboxylic acids is 1. The van der Waals surface area contributed by atoms with Gasteiger partial charge in [-0.3, -0.25) is 9.89 Å². The van der Waals surface area contributed by atoms with E-state index in [0.29, 0.717) is 30.5 Å². The Morgan fingerprint density at radius 1 is 1.18 bits per heavy atom. The third-order valence-electron chi connectivity index (χ3n) is 11.1. The van der Waals surface area contributed by atoms with E-state index in [1.807, 2.05) is 13.8 Å². The van der Waals surface area contributed by atoms with Crippen LogP contribution in [0.3, 0.4) is 0 Å². The van der Waals surface area contributed by atoms with Crippen LogP contribution in [0.15, 0.2) is 42.1 Å². The number of para-hydroxylation sites is 1. The van der Waals surface area contributed by atoms with Crippen molar-refractivity contribution >= 4 is 16.7 Å². The molecule has 2 saturated carbocycles. The number of aromatic amines is 2. The number of aromatic nitrogens is 4. The van der Waals surface area contributed by atoms with Crippen molar-refractivity contribution in [3.8, 4) is 0 Å². The first-order valence-corrected chi connectivity index (χ1v) is 14.0. The number of rotatable bonds is 3. The minimum absolute atomic E-state index is 0.166. The molecule has 0 amide bonds. The van der Waals surface area contributed by atoms with Crippen LogP contribution in [0.4, 0.5) is 0 Å². The second kappa shape index (κ2) is 7.26. The van der Waals surface area contributed by atoms with E-state index in [0.717, 1.165) is 11.9 Å². The number of hydrogen-bond donors (Lipinski definition) is 3. The zero-order valence-electron chi connectivity index (χ0n) is 22.7. The van der Waals surface area contributed by atoms with Crippen molar-refractivity contribution in [1.29, 1.82) is 0 Å². The molecule has 2 aliphatic heterocycles. The minimum atomic E-state index is -1.53. The lowest BCUT2D eigenvalue weighted by Crippen LogP contribution is -2.74. The van der Waals surface area contributed by atoms with Crippen LogP contribution in [0.25, 0.3) is 10.9 Å². The molecule has 39 heavy (non-hydrogen) atoms. The average Bonchev–Trinajstić information content (AvgIpc) is 3.65. The van der Waals surface area contributed by atoms with E-state index in [-0.39, 0.29) is 18.3 Å². The fourth-order valence-electron chi connectivity index (χ4n) is 9.07. The van der Waals surface area contributed by atoms with Crippen molar-refractivity contribution in [3.63, 3.8) is 0 Å². The Labute approximate surface area is 226 Å². The van der Waals surface area contributed by atoms with Gasteiger partial charge in [0.2, 0.25) is 0 Å². The van der Waals surface area contributed by atoms with Crippen molar-refractivity contribution in [2.45, 2.75) is 94.6 Å². The van der Waals surface area contributed by atoms with E-state index >= 15 is 0 Å². The molecule has 7 atom stereocenters. The summed E-state index contributed by atoms with van der Waals surface area (Å²) in [5.41, 5.74) is 1.38. The molecule has 3 fully saturated rings. The zero-order valence-corrected chi connectivity index (χ0v) is 22.7. The summed E-state index contributed by atoms with van der Waals surface area (Å²) in [5, 5.41) is 25.2. The molecule has 2 aromatic heterocycles. The molecule has 9 nitrogen and oxygen atoms in total. The maximum Gasteiger partial charge on any atom is 0.195 e. The number of H-pyrrole nitrogens is 2. The molecule has 1 aromatic carbocycles. The number of hydrogen-bond acceptors (Lipinski definition) is 7. The summed E-state index contributed by atoms with van der Waals surface area (Å²) < 4.78 is 19.6. The number of ketones is 1. The average molecular weight is 531 g/mol. The highest BCUT2D eigenvalue weighted by molar-refractivity contribution is 5.97. The van der Waals surface area contributed by atoms with Gasteiger partial charge in [0.25, 0.3) is 0 Å². The van der Waals surface area contributed by atoms with Gasteiger partial charge in [0, 0.05) is 45.6 Å². The molecular weight excluding hydrogens is 496 g/mol. The predicted molar refractivity (Wildman–Crippen MR) is 141 cm³/mol. The summed E-state index contributed by atoms with van der Waals surface area (Å²) >= 11 is 0. The lowest BCUT2D eigenvalue weighted by molar-refractivity contribution is -0.282. The fraction of sp³-hybridized carbons (Fsp3) is 0.567. The van der Waals surface area contributed by atoms with E-state index in [1.165, 1.54) is 16.6 Å². The molecule has 3 aliphatic carbocycles. The van der Waals surface area contributed by atoms with Gasteiger partial charge in [-0.05, 0) is 56.7 Å². The molecule has 9 heteroatoms. The van der Waals surface area contributed by atoms with Gasteiger partial charge in [-0.25, -0.2) is 0 Å². The molecule has 8 rings (SSSR count). The maximum absolute atomic E-state index is 13.5. The van der Waals surface area contributed by atoms with Gasteiger partial charge in [0.05, 0.1) is 12.7 Å². The molecule has 5 aliphatic rings. The van der Waals surface area contributed by atoms with Crippen LogP contribution >= 0.6 is 0 Å². The second-order valence-corrected chi connectivity index (χ2v) is 13.1. The highest BCUT2D eigenvalue weighted by Crippen LogP contribution is 2.72. The highest BCUT2D eigenvalue weighted by atomic mass is 16.8. The summed E-state index contributed by atoms with van der Waals surface area (Å²) in [7, 11) is 0. The van der Waals surface area contributed by atoms with Gasteiger partial charge >= 0.3 is 0 Å². The smallest absolute Gasteiger partial charge is 0.195 e. The van der Waals surface area contributed by atoms with Gasteiger partial charge < -0.3 is 24.3 Å². The van der Waals surface area contributed by atoms with Crippen LogP contribution in [0.1, 0.15) is 63.9 Å². The highest BCUT2D eigenvalue weighted by Gasteiger charge is 2.78. The minimum Gasteiger partial charge on any atom is -0.382 e. The third-order valence-corrected chi connectivity index (χ3v) is 11.1. The van der Waals surface area contributed by atoms with Crippen molar-refractivity contribution in [3.05, 3.63) is 59.1 Å². The van der Waals surface area contributed by atoms with Crippen LogP contribution in [0.2, 0.25) is 0 Å². The van der Waals surface area contributed by atoms with Crippen LogP contribution in [-0.2, 0) is 37.4 Å². The summed E-state index contributed by atoms with van der Waals surface area (Å²) in [6.45, 7) is 8.45. The molecule has 4 heterocycles. The monoisotopic (exact) mass is 530 g/mol. The van der Waals surface area contributed by atoms with Crippen molar-refractivity contribution in [2.75, 3.05) is 0 Å². The van der Waals surface area contributed by atoms with Crippen LogP contribution < -0.4 is 0 Å². The number of aliphatic hydroxyl groups is 1. The first-order chi connectivity index (χ1) is 18.5. The number of carbonyl (C=O) groups is 1. The van der Waals surface area contributed by atoms with Crippen molar-refractivity contribution < 1.29 is 24.1 Å². The van der Waals surface area contributed by atoms with Gasteiger partial charge in [0.15, 0.2) is 17.7 Å². The quantitative estimate of drug-likeness (QED) is 0.473. The van der Waals surface area contributed by atoms with Gasteiger partial charge in [0.1, 0.15) is 16.9 Å². The van der Waals surface area contributed by atoms with Crippen LogP contribution in [0, 0.1) is 11.3 Å². The number of ether oxygens (including phenoxy) is 3. The van der Waals surface area contributed by atoms with E-state index < -0.39 is 40.0 Å². The van der Waals surface area contributed by atoms with E-state index in [2.05, 4.69) is 58.5 Å². The van der Waals surface area contributed by atoms with E-state index in [1.54, 1.807) is 12.3 Å². The molecule has 3 N–H and O–H groups in total. The van der Waals surface area contributed by atoms with Gasteiger partial charge in [-0.15, -0.1) is 5.10 Å². The fourth-order valence-corrected chi connectivity index (χ4v) is 9.07. The molecule has 2 bridgehead atoms. The Bertz CT molecular complexity index is 1560. The largest absolute Gasteiger partial charge is 0.382 e. The van der Waals surface area contributed by atoms with Crippen LogP contribution in [-0.4, -0.2) is 60.5 Å². The van der Waals surface area contributed by atoms with Crippen molar-refractivity contribution in [2.24, 2.45) is 11.3 Å². The number of fused-ring (bicyclic) bond motifs is 9. The third kappa shape index (κ3) is 2.68. The number of benzene rings is 1. The Kier molecular flexibility index (Phi) is 4.46. The first-order valence-electron chi connectivity index (χ1n) is 14.0. The molecule has 204 valence electrons. The second-order valence-electron chi connectivity index (χ2n) is 13.1. The summed E-state index contributed by atoms with van der Waals surface area (Å²) in [6, 6.07) is 8.43. The predicted octanol–water partition coefficient (Wildman–Crippen LogP) is 3.64. The first kappa shape index (κ1) is 24.0. The molecule has 3 aromatic rings. The Morgan fingerprint density at radius 2 is 2.00 bits per heavy atom. The van der Waals surface area contributed by atoms with Gasteiger partial charge in [-0.1, -0.05) is 37.3 Å². The lowest BCUT2D eigenvalue weighted by Gasteiger charge is -2.67. The number of nitrogens with one attached hydrogen (secondary N) is 2. The summed E-state index contributed by atoms with van der Waals surface area (Å²) in [5.74, 6) is -1.09.